The van der Waals surface area contributed by atoms with Gasteiger partial charge in [0.1, 0.15) is 0 Å². The van der Waals surface area contributed by atoms with E-state index in [1.54, 1.807) is 0 Å². The van der Waals surface area contributed by atoms with Crippen LogP contribution in [0.4, 0.5) is 0 Å². The molecule has 0 atom stereocenters. The SMILES string of the molecule is NO.[Cl-].[Cl-].[Cl-].[La+3]. The molecule has 0 rings (SSSR count). The predicted molar refractivity (Wildman–Crippen MR) is 5.97 cm³/mol. The summed E-state index contributed by atoms with van der Waals surface area (Å²) in [6.07, 6.45) is 0. The van der Waals surface area contributed by atoms with Gasteiger partial charge < -0.3 is 42.4 Å². The summed E-state index contributed by atoms with van der Waals surface area (Å²) in [5.41, 5.74) is 0. The van der Waals surface area contributed by atoms with Crippen LogP contribution in [-0.2, 0) is 0 Å². The quantitative estimate of drug-likeness (QED) is 0.432. The maximum atomic E-state index is 6.50. The van der Waals surface area contributed by atoms with Crippen LogP contribution in [-0.4, -0.2) is 5.21 Å². The zero-order chi connectivity index (χ0) is 2.00. The molecule has 0 saturated heterocycles. The van der Waals surface area contributed by atoms with E-state index in [4.69, 9.17) is 5.21 Å². The van der Waals surface area contributed by atoms with Gasteiger partial charge in [0.25, 0.3) is 0 Å². The fourth-order valence-electron chi connectivity index (χ4n) is 0. The minimum atomic E-state index is 0. The Morgan fingerprint density at radius 2 is 0.833 bits per heavy atom. The van der Waals surface area contributed by atoms with E-state index < -0.39 is 0 Å². The van der Waals surface area contributed by atoms with Crippen molar-refractivity contribution in [2.75, 3.05) is 0 Å². The van der Waals surface area contributed by atoms with Crippen LogP contribution in [0.15, 0.2) is 0 Å². The Hall–Kier alpha value is 1.98. The van der Waals surface area contributed by atoms with Crippen LogP contribution < -0.4 is 43.1 Å². The molecule has 0 bridgehead atoms. The predicted octanol–water partition coefficient (Wildman–Crippen LogP) is -9.65. The molecule has 0 aliphatic carbocycles. The van der Waals surface area contributed by atoms with Crippen LogP contribution in [0.5, 0.6) is 0 Å². The third kappa shape index (κ3) is 37.7. The third-order valence-electron chi connectivity index (χ3n) is 0. The van der Waals surface area contributed by atoms with Gasteiger partial charge in [-0.15, -0.1) is 0 Å². The van der Waals surface area contributed by atoms with Gasteiger partial charge in [0.05, 0.1) is 0 Å². The fraction of sp³-hybridized carbons (Fsp3) is 0. The molecule has 0 aromatic carbocycles. The maximum absolute atomic E-state index is 6.50. The smallest absolute Gasteiger partial charge is 1.00 e. The van der Waals surface area contributed by atoms with Gasteiger partial charge >= 0.3 is 35.6 Å². The van der Waals surface area contributed by atoms with E-state index in [0.29, 0.717) is 0 Å². The van der Waals surface area contributed by atoms with Crippen molar-refractivity contribution in [3.05, 3.63) is 0 Å². The Labute approximate surface area is 83.0 Å². The average Bonchev–Trinajstić information content (AvgIpc) is 1.00. The van der Waals surface area contributed by atoms with Crippen molar-refractivity contribution >= 4 is 0 Å². The summed E-state index contributed by atoms with van der Waals surface area (Å²) in [6.45, 7) is 0. The molecule has 0 aliphatic rings. The summed E-state index contributed by atoms with van der Waals surface area (Å²) in [7, 11) is 0. The van der Waals surface area contributed by atoms with Crippen molar-refractivity contribution < 1.29 is 78.0 Å². The van der Waals surface area contributed by atoms with Gasteiger partial charge in [-0.2, -0.15) is 0 Å². The molecule has 0 spiro atoms. The number of hydrogen-bond acceptors (Lipinski definition) is 2. The van der Waals surface area contributed by atoms with Crippen molar-refractivity contribution in [1.29, 1.82) is 0 Å². The Morgan fingerprint density at radius 3 is 0.833 bits per heavy atom. The second kappa shape index (κ2) is 63.5. The van der Waals surface area contributed by atoms with E-state index in [1.807, 2.05) is 0 Å². The van der Waals surface area contributed by atoms with Gasteiger partial charge in [-0.05, 0) is 0 Å². The van der Waals surface area contributed by atoms with Gasteiger partial charge in [0.2, 0.25) is 0 Å². The molecule has 0 fully saturated rings. The van der Waals surface area contributed by atoms with Crippen molar-refractivity contribution in [3.63, 3.8) is 0 Å². The van der Waals surface area contributed by atoms with Crippen molar-refractivity contribution in [3.8, 4) is 0 Å². The van der Waals surface area contributed by atoms with Crippen molar-refractivity contribution in [1.82, 2.24) is 0 Å². The zero-order valence-electron chi connectivity index (χ0n) is 2.74. The maximum Gasteiger partial charge on any atom is 3.00 e. The number of rotatable bonds is 0. The van der Waals surface area contributed by atoms with Crippen molar-refractivity contribution in [2.45, 2.75) is 0 Å². The Bertz CT molecular complexity index is 10.8. The van der Waals surface area contributed by atoms with E-state index in [0.717, 1.165) is 0 Å². The van der Waals surface area contributed by atoms with Crippen LogP contribution in [0.25, 0.3) is 0 Å². The van der Waals surface area contributed by atoms with Crippen LogP contribution in [0.3, 0.4) is 0 Å². The first-order chi connectivity index (χ1) is 1.00. The Kier molecular flexibility index (Phi) is 463. The fourth-order valence-corrected chi connectivity index (χ4v) is 0. The molecule has 6 heavy (non-hydrogen) atoms. The van der Waals surface area contributed by atoms with Gasteiger partial charge in [-0.1, -0.05) is 0 Å². The molecule has 0 amide bonds. The first-order valence-electron chi connectivity index (χ1n) is 0.258. The largest absolute Gasteiger partial charge is 3.00 e. The molecule has 3 N–H and O–H groups in total. The number of hydrogen-bond donors (Lipinski definition) is 2. The summed E-state index contributed by atoms with van der Waals surface area (Å²) in [5, 5.41) is 6.50. The summed E-state index contributed by atoms with van der Waals surface area (Å²) in [4.78, 5) is 0. The first kappa shape index (κ1) is 43.7. The molecule has 0 heterocycles. The van der Waals surface area contributed by atoms with Crippen LogP contribution >= 0.6 is 0 Å². The molecule has 0 aromatic rings. The topological polar surface area (TPSA) is 46.2 Å². The van der Waals surface area contributed by atoms with E-state index in [1.165, 1.54) is 0 Å². The van der Waals surface area contributed by atoms with Gasteiger partial charge in [0.15, 0.2) is 0 Å². The molecule has 0 aliphatic heterocycles. The van der Waals surface area contributed by atoms with Crippen LogP contribution in [0, 0.1) is 35.6 Å². The van der Waals surface area contributed by atoms with Gasteiger partial charge in [-0.3, -0.25) is 0 Å². The van der Waals surface area contributed by atoms with E-state index in [9.17, 15) is 0 Å². The normalized spacial score (nSPS) is 1.00. The Morgan fingerprint density at radius 1 is 0.833 bits per heavy atom. The molecule has 2 nitrogen and oxygen atoms in total. The van der Waals surface area contributed by atoms with Crippen molar-refractivity contribution in [2.24, 2.45) is 5.90 Å². The second-order valence-electron chi connectivity index (χ2n) is 0. The molecule has 0 radical (unpaired) electrons. The second-order valence-corrected chi connectivity index (χ2v) is 0. The molecular formula is H3Cl3LaNO. The molecule has 38 valence electrons. The minimum Gasteiger partial charge on any atom is -1.00 e. The summed E-state index contributed by atoms with van der Waals surface area (Å²) in [6, 6.07) is 0. The monoisotopic (exact) mass is 277 g/mol. The zero-order valence-corrected chi connectivity index (χ0v) is 8.63. The molecule has 0 aromatic heterocycles. The standard InChI is InChI=1S/3ClH.La.H3NO/c;;;;1-2/h3*1H;;2H,1H2/q;;;+3;/p-3. The molecule has 0 saturated carbocycles. The summed E-state index contributed by atoms with van der Waals surface area (Å²) < 4.78 is 0. The van der Waals surface area contributed by atoms with E-state index in [2.05, 4.69) is 5.90 Å². The number of halogens is 3. The molecule has 0 unspecified atom stereocenters. The first-order valence-corrected chi connectivity index (χ1v) is 0.258. The third-order valence-corrected chi connectivity index (χ3v) is 0. The molecular weight excluding hydrogens is 275 g/mol. The van der Waals surface area contributed by atoms with E-state index >= 15 is 0 Å². The number of nitrogens with two attached hydrogens (primary N) is 1. The minimum absolute atomic E-state index is 0. The van der Waals surface area contributed by atoms with Crippen LogP contribution in [0.2, 0.25) is 0 Å². The van der Waals surface area contributed by atoms with Gasteiger partial charge in [-0.25, -0.2) is 5.90 Å². The van der Waals surface area contributed by atoms with Crippen LogP contribution in [0.1, 0.15) is 0 Å². The average molecular weight is 278 g/mol. The van der Waals surface area contributed by atoms with E-state index in [-0.39, 0.29) is 72.8 Å². The summed E-state index contributed by atoms with van der Waals surface area (Å²) >= 11 is 0. The Balaban J connectivity index is -0.000000000833. The van der Waals surface area contributed by atoms with Gasteiger partial charge in [0, 0.05) is 0 Å². The molecule has 6 heteroatoms. The summed E-state index contributed by atoms with van der Waals surface area (Å²) in [5.74, 6) is 3.50.